The molecule has 1 N–H and O–H groups in total. The number of anilines is 1. The molecule has 3 aromatic heterocycles. The molecule has 0 spiro atoms. The topological polar surface area (TPSA) is 76.1 Å². The smallest absolute Gasteiger partial charge is 0.227 e. The summed E-state index contributed by atoms with van der Waals surface area (Å²) in [5.41, 5.74) is 2.87. The van der Waals surface area contributed by atoms with E-state index < -0.39 is 0 Å². The molecule has 0 radical (unpaired) electrons. The Balaban J connectivity index is 1.38. The molecule has 7 heteroatoms. The lowest BCUT2D eigenvalue weighted by atomic mass is 10.0. The highest BCUT2D eigenvalue weighted by Gasteiger charge is 2.22. The summed E-state index contributed by atoms with van der Waals surface area (Å²) in [6.07, 6.45) is 7.30. The Morgan fingerprint density at radius 3 is 2.59 bits per heavy atom. The molecule has 29 heavy (non-hydrogen) atoms. The second kappa shape index (κ2) is 8.96. The Morgan fingerprint density at radius 1 is 1.00 bits per heavy atom. The predicted octanol–water partition coefficient (Wildman–Crippen LogP) is 3.43. The Kier molecular flexibility index (Phi) is 5.95. The summed E-state index contributed by atoms with van der Waals surface area (Å²) in [6.45, 7) is 6.64. The number of ether oxygens (including phenoxy) is 1. The van der Waals surface area contributed by atoms with Crippen LogP contribution < -0.4 is 15.0 Å². The Morgan fingerprint density at radius 2 is 1.83 bits per heavy atom. The van der Waals surface area contributed by atoms with Crippen molar-refractivity contribution in [1.29, 1.82) is 0 Å². The zero-order valence-corrected chi connectivity index (χ0v) is 16.9. The van der Waals surface area contributed by atoms with Gasteiger partial charge in [0.1, 0.15) is 12.1 Å². The van der Waals surface area contributed by atoms with Gasteiger partial charge in [-0.1, -0.05) is 6.07 Å². The third kappa shape index (κ3) is 4.68. The Labute approximate surface area is 171 Å². The van der Waals surface area contributed by atoms with E-state index in [1.54, 1.807) is 12.5 Å². The summed E-state index contributed by atoms with van der Waals surface area (Å²) in [5, 5.41) is 3.62. The first kappa shape index (κ1) is 19.3. The fourth-order valence-electron chi connectivity index (χ4n) is 3.58. The van der Waals surface area contributed by atoms with Gasteiger partial charge >= 0.3 is 0 Å². The van der Waals surface area contributed by atoms with E-state index in [0.717, 1.165) is 61.0 Å². The van der Waals surface area contributed by atoms with Crippen LogP contribution >= 0.6 is 0 Å². The van der Waals surface area contributed by atoms with Crippen LogP contribution in [0.15, 0.2) is 49.1 Å². The molecule has 4 heterocycles. The first-order valence-electron chi connectivity index (χ1n) is 10.00. The van der Waals surface area contributed by atoms with Gasteiger partial charge in [-0.2, -0.15) is 0 Å². The highest BCUT2D eigenvalue weighted by Crippen LogP contribution is 2.30. The van der Waals surface area contributed by atoms with Crippen LogP contribution in [0.5, 0.6) is 11.6 Å². The summed E-state index contributed by atoms with van der Waals surface area (Å²) in [6, 6.07) is 10.3. The maximum atomic E-state index is 6.02. The Bertz CT molecular complexity index is 941. The number of nitrogens with one attached hydrogen (secondary N) is 1. The van der Waals surface area contributed by atoms with Crippen LogP contribution in [-0.2, 0) is 6.54 Å². The highest BCUT2D eigenvalue weighted by atomic mass is 16.5. The molecule has 0 amide bonds. The zero-order chi connectivity index (χ0) is 20.1. The van der Waals surface area contributed by atoms with Crippen LogP contribution in [0.2, 0.25) is 0 Å². The van der Waals surface area contributed by atoms with E-state index >= 15 is 0 Å². The van der Waals surface area contributed by atoms with Crippen molar-refractivity contribution in [1.82, 2.24) is 25.3 Å². The molecule has 7 nitrogen and oxygen atoms in total. The molecule has 0 unspecified atom stereocenters. The van der Waals surface area contributed by atoms with Gasteiger partial charge in [-0.3, -0.25) is 9.97 Å². The molecule has 1 aliphatic rings. The first-order chi connectivity index (χ1) is 14.2. The van der Waals surface area contributed by atoms with Crippen LogP contribution in [-0.4, -0.2) is 39.1 Å². The lowest BCUT2D eigenvalue weighted by Gasteiger charge is -2.34. The third-order valence-corrected chi connectivity index (χ3v) is 5.27. The van der Waals surface area contributed by atoms with Crippen LogP contribution in [0, 0.1) is 13.8 Å². The molecule has 0 aromatic carbocycles. The predicted molar refractivity (Wildman–Crippen MR) is 112 cm³/mol. The number of aromatic nitrogens is 4. The summed E-state index contributed by atoms with van der Waals surface area (Å²) >= 11 is 0. The summed E-state index contributed by atoms with van der Waals surface area (Å²) in [4.78, 5) is 19.8. The minimum atomic E-state index is 0.490. The molecule has 150 valence electrons. The van der Waals surface area contributed by atoms with Crippen molar-refractivity contribution in [3.63, 3.8) is 0 Å². The van der Waals surface area contributed by atoms with Crippen LogP contribution in [0.1, 0.15) is 29.8 Å². The third-order valence-electron chi connectivity index (χ3n) is 5.27. The van der Waals surface area contributed by atoms with Crippen molar-refractivity contribution in [3.8, 4) is 11.6 Å². The van der Waals surface area contributed by atoms with Crippen LogP contribution in [0.3, 0.4) is 0 Å². The van der Waals surface area contributed by atoms with Crippen LogP contribution in [0.4, 0.5) is 5.82 Å². The maximum Gasteiger partial charge on any atom is 0.227 e. The molecule has 3 aromatic rings. The van der Waals surface area contributed by atoms with Gasteiger partial charge in [-0.05, 0) is 51.0 Å². The number of pyridine rings is 2. The lowest BCUT2D eigenvalue weighted by Crippen LogP contribution is -2.43. The molecule has 0 saturated carbocycles. The van der Waals surface area contributed by atoms with Gasteiger partial charge in [0.05, 0.1) is 17.0 Å². The quantitative estimate of drug-likeness (QED) is 0.691. The van der Waals surface area contributed by atoms with Gasteiger partial charge < -0.3 is 15.0 Å². The molecule has 0 bridgehead atoms. The molecule has 1 aliphatic heterocycles. The molecule has 0 aliphatic carbocycles. The number of piperidine rings is 1. The van der Waals surface area contributed by atoms with E-state index in [1.807, 2.05) is 44.3 Å². The fraction of sp³-hybridized carbons (Fsp3) is 0.364. The largest absolute Gasteiger partial charge is 0.437 e. The van der Waals surface area contributed by atoms with E-state index in [0.29, 0.717) is 11.9 Å². The molecule has 0 atom stereocenters. The SMILES string of the molecule is Cc1ncccc1Oc1ncnc(N2CCC(NCc3ccccn3)CC2)c1C. The normalized spacial score (nSPS) is 14.8. The number of hydrogen-bond donors (Lipinski definition) is 1. The first-order valence-corrected chi connectivity index (χ1v) is 10.00. The molecular weight excluding hydrogens is 364 g/mol. The lowest BCUT2D eigenvalue weighted by molar-refractivity contribution is 0.409. The number of aryl methyl sites for hydroxylation is 1. The number of rotatable bonds is 6. The van der Waals surface area contributed by atoms with E-state index in [-0.39, 0.29) is 0 Å². The van der Waals surface area contributed by atoms with Crippen molar-refractivity contribution in [2.24, 2.45) is 0 Å². The molecular formula is C22H26N6O. The Hall–Kier alpha value is -3.06. The average molecular weight is 390 g/mol. The minimum Gasteiger partial charge on any atom is -0.437 e. The van der Waals surface area contributed by atoms with Gasteiger partial charge in [-0.15, -0.1) is 0 Å². The summed E-state index contributed by atoms with van der Waals surface area (Å²) < 4.78 is 6.02. The van der Waals surface area contributed by atoms with Crippen LogP contribution in [0.25, 0.3) is 0 Å². The van der Waals surface area contributed by atoms with Crippen molar-refractivity contribution >= 4 is 5.82 Å². The molecule has 1 fully saturated rings. The maximum absolute atomic E-state index is 6.02. The monoisotopic (exact) mass is 390 g/mol. The highest BCUT2D eigenvalue weighted by molar-refractivity contribution is 5.51. The van der Waals surface area contributed by atoms with E-state index in [1.165, 1.54) is 0 Å². The second-order valence-corrected chi connectivity index (χ2v) is 7.28. The van der Waals surface area contributed by atoms with Crippen molar-refractivity contribution in [3.05, 3.63) is 66.0 Å². The summed E-state index contributed by atoms with van der Waals surface area (Å²) in [5.74, 6) is 2.25. The fourth-order valence-corrected chi connectivity index (χ4v) is 3.58. The van der Waals surface area contributed by atoms with Gasteiger partial charge in [0.2, 0.25) is 5.88 Å². The van der Waals surface area contributed by atoms with Crippen molar-refractivity contribution < 1.29 is 4.74 Å². The van der Waals surface area contributed by atoms with Crippen molar-refractivity contribution in [2.45, 2.75) is 39.3 Å². The van der Waals surface area contributed by atoms with Crippen molar-refractivity contribution in [2.75, 3.05) is 18.0 Å². The van der Waals surface area contributed by atoms with Gasteiger partial charge in [-0.25, -0.2) is 9.97 Å². The number of nitrogens with zero attached hydrogens (tertiary/aromatic N) is 5. The van der Waals surface area contributed by atoms with Gasteiger partial charge in [0.15, 0.2) is 5.75 Å². The zero-order valence-electron chi connectivity index (χ0n) is 16.9. The standard InChI is InChI=1S/C22H26N6O/c1-16-21(26-15-27-22(16)29-20-7-5-11-23-17(20)2)28-12-8-18(9-13-28)25-14-19-6-3-4-10-24-19/h3-7,10-11,15,18,25H,8-9,12-14H2,1-2H3. The van der Waals surface area contributed by atoms with E-state index in [9.17, 15) is 0 Å². The van der Waals surface area contributed by atoms with Gasteiger partial charge in [0.25, 0.3) is 0 Å². The summed E-state index contributed by atoms with van der Waals surface area (Å²) in [7, 11) is 0. The molecule has 1 saturated heterocycles. The van der Waals surface area contributed by atoms with E-state index in [4.69, 9.17) is 4.74 Å². The average Bonchev–Trinajstić information content (AvgIpc) is 2.76. The minimum absolute atomic E-state index is 0.490. The second-order valence-electron chi connectivity index (χ2n) is 7.28. The number of hydrogen-bond acceptors (Lipinski definition) is 7. The van der Waals surface area contributed by atoms with Gasteiger partial charge in [0, 0.05) is 38.1 Å². The molecule has 4 rings (SSSR count). The van der Waals surface area contributed by atoms with E-state index in [2.05, 4.69) is 36.2 Å².